The number of alkyl halides is 3. The Labute approximate surface area is 172 Å². The van der Waals surface area contributed by atoms with Gasteiger partial charge in [-0.3, -0.25) is 14.9 Å². The number of hydrogen-bond donors (Lipinski definition) is 2. The minimum absolute atomic E-state index is 0.00749. The number of carbonyl (C=O) groups is 2. The summed E-state index contributed by atoms with van der Waals surface area (Å²) in [5, 5.41) is 7.60. The van der Waals surface area contributed by atoms with Gasteiger partial charge in [0, 0.05) is 28.6 Å². The third kappa shape index (κ3) is 4.60. The first kappa shape index (κ1) is 19.9. The SMILES string of the molecule is O=C1CCc2cc(-c3csc(NC(=O)c4ccc(OC(F)(F)F)cc4)n3)ccc2N1. The summed E-state index contributed by atoms with van der Waals surface area (Å²) in [6.45, 7) is 0. The number of amides is 2. The van der Waals surface area contributed by atoms with E-state index in [1.165, 1.54) is 23.5 Å². The average molecular weight is 433 g/mol. The summed E-state index contributed by atoms with van der Waals surface area (Å²) < 4.78 is 40.4. The van der Waals surface area contributed by atoms with E-state index >= 15 is 0 Å². The van der Waals surface area contributed by atoms with E-state index in [9.17, 15) is 22.8 Å². The molecule has 0 fully saturated rings. The van der Waals surface area contributed by atoms with Gasteiger partial charge in [0.05, 0.1) is 5.69 Å². The van der Waals surface area contributed by atoms with E-state index in [0.717, 1.165) is 28.9 Å². The molecule has 0 aliphatic carbocycles. The highest BCUT2D eigenvalue weighted by Crippen LogP contribution is 2.31. The molecule has 1 aliphatic heterocycles. The van der Waals surface area contributed by atoms with Crippen LogP contribution in [0.15, 0.2) is 47.8 Å². The predicted octanol–water partition coefficient (Wildman–Crippen LogP) is 4.85. The minimum atomic E-state index is -4.79. The molecule has 6 nitrogen and oxygen atoms in total. The number of rotatable bonds is 4. The van der Waals surface area contributed by atoms with Crippen molar-refractivity contribution in [2.75, 3.05) is 10.6 Å². The van der Waals surface area contributed by atoms with Crippen LogP contribution >= 0.6 is 11.3 Å². The standard InChI is InChI=1S/C20H14F3N3O3S/c21-20(22,23)29-14-5-1-11(2-6-14)18(28)26-19-25-16(10-30-19)13-3-7-15-12(9-13)4-8-17(27)24-15/h1-3,5-7,9-10H,4,8H2,(H,24,27)(H,25,26,28). The van der Waals surface area contributed by atoms with Crippen LogP contribution in [0.2, 0.25) is 0 Å². The van der Waals surface area contributed by atoms with Crippen molar-refractivity contribution >= 4 is 34.0 Å². The Hall–Kier alpha value is -3.40. The molecule has 0 radical (unpaired) electrons. The van der Waals surface area contributed by atoms with Gasteiger partial charge in [0.1, 0.15) is 5.75 Å². The Morgan fingerprint density at radius 3 is 2.63 bits per heavy atom. The van der Waals surface area contributed by atoms with E-state index < -0.39 is 18.0 Å². The van der Waals surface area contributed by atoms with Crippen molar-refractivity contribution < 1.29 is 27.5 Å². The second-order valence-electron chi connectivity index (χ2n) is 6.48. The smallest absolute Gasteiger partial charge is 0.406 e. The zero-order valence-electron chi connectivity index (χ0n) is 15.2. The fourth-order valence-electron chi connectivity index (χ4n) is 2.98. The van der Waals surface area contributed by atoms with Crippen LogP contribution in [0.4, 0.5) is 24.0 Å². The average Bonchev–Trinajstić information content (AvgIpc) is 3.15. The lowest BCUT2D eigenvalue weighted by Crippen LogP contribution is -2.18. The number of fused-ring (bicyclic) bond motifs is 1. The molecule has 154 valence electrons. The van der Waals surface area contributed by atoms with E-state index in [4.69, 9.17) is 0 Å². The molecule has 0 saturated carbocycles. The van der Waals surface area contributed by atoms with Gasteiger partial charge in [-0.25, -0.2) is 4.98 Å². The first-order valence-corrected chi connectivity index (χ1v) is 9.71. The fraction of sp³-hybridized carbons (Fsp3) is 0.150. The normalized spacial score (nSPS) is 13.4. The maximum Gasteiger partial charge on any atom is 0.573 e. The van der Waals surface area contributed by atoms with Crippen molar-refractivity contribution in [1.82, 2.24) is 4.98 Å². The Bertz CT molecular complexity index is 1110. The largest absolute Gasteiger partial charge is 0.573 e. The summed E-state index contributed by atoms with van der Waals surface area (Å²) in [6.07, 6.45) is -3.71. The van der Waals surface area contributed by atoms with Gasteiger partial charge in [0.15, 0.2) is 5.13 Å². The molecule has 4 rings (SSSR count). The van der Waals surface area contributed by atoms with Crippen molar-refractivity contribution in [2.24, 2.45) is 0 Å². The van der Waals surface area contributed by atoms with Gasteiger partial charge in [-0.15, -0.1) is 24.5 Å². The number of carbonyl (C=O) groups excluding carboxylic acids is 2. The van der Waals surface area contributed by atoms with Gasteiger partial charge in [-0.05, 0) is 48.4 Å². The molecular weight excluding hydrogens is 419 g/mol. The van der Waals surface area contributed by atoms with Gasteiger partial charge in [0.25, 0.3) is 5.91 Å². The molecule has 2 heterocycles. The molecule has 30 heavy (non-hydrogen) atoms. The van der Waals surface area contributed by atoms with Gasteiger partial charge < -0.3 is 10.1 Å². The Kier molecular flexibility index (Phi) is 5.17. The molecule has 1 aliphatic rings. The molecule has 3 aromatic rings. The van der Waals surface area contributed by atoms with Crippen LogP contribution in [0, 0.1) is 0 Å². The lowest BCUT2D eigenvalue weighted by molar-refractivity contribution is -0.274. The molecule has 2 aromatic carbocycles. The van der Waals surface area contributed by atoms with Crippen LogP contribution in [0.5, 0.6) is 5.75 Å². The molecular formula is C20H14F3N3O3S. The van der Waals surface area contributed by atoms with Crippen LogP contribution in [-0.2, 0) is 11.2 Å². The Balaban J connectivity index is 1.44. The number of anilines is 2. The third-order valence-corrected chi connectivity index (χ3v) is 5.13. The highest BCUT2D eigenvalue weighted by molar-refractivity contribution is 7.14. The molecule has 2 amide bonds. The van der Waals surface area contributed by atoms with E-state index in [0.29, 0.717) is 23.7 Å². The highest BCUT2D eigenvalue weighted by Gasteiger charge is 2.31. The quantitative estimate of drug-likeness (QED) is 0.617. The Morgan fingerprint density at radius 1 is 1.13 bits per heavy atom. The summed E-state index contributed by atoms with van der Waals surface area (Å²) >= 11 is 1.23. The number of nitrogens with one attached hydrogen (secondary N) is 2. The maximum absolute atomic E-state index is 12.3. The van der Waals surface area contributed by atoms with Gasteiger partial charge >= 0.3 is 6.36 Å². The van der Waals surface area contributed by atoms with Crippen LogP contribution in [0.3, 0.4) is 0 Å². The van der Waals surface area contributed by atoms with Gasteiger partial charge in [-0.1, -0.05) is 6.07 Å². The Morgan fingerprint density at radius 2 is 1.90 bits per heavy atom. The predicted molar refractivity (Wildman–Crippen MR) is 106 cm³/mol. The molecule has 0 unspecified atom stereocenters. The lowest BCUT2D eigenvalue weighted by atomic mass is 9.99. The van der Waals surface area contributed by atoms with Gasteiger partial charge in [0.2, 0.25) is 5.91 Å². The van der Waals surface area contributed by atoms with Crippen LogP contribution in [0.1, 0.15) is 22.3 Å². The molecule has 0 spiro atoms. The monoisotopic (exact) mass is 433 g/mol. The number of benzene rings is 2. The van der Waals surface area contributed by atoms with Gasteiger partial charge in [-0.2, -0.15) is 0 Å². The van der Waals surface area contributed by atoms with Crippen molar-refractivity contribution in [3.63, 3.8) is 0 Å². The van der Waals surface area contributed by atoms with Crippen LogP contribution in [0.25, 0.3) is 11.3 Å². The maximum atomic E-state index is 12.3. The number of ether oxygens (including phenoxy) is 1. The first-order chi connectivity index (χ1) is 14.3. The number of nitrogens with zero attached hydrogens (tertiary/aromatic N) is 1. The van der Waals surface area contributed by atoms with E-state index in [1.807, 2.05) is 18.2 Å². The summed E-state index contributed by atoms with van der Waals surface area (Å²) in [5.74, 6) is -0.909. The fourth-order valence-corrected chi connectivity index (χ4v) is 3.70. The second kappa shape index (κ2) is 7.79. The summed E-state index contributed by atoms with van der Waals surface area (Å²) in [6, 6.07) is 10.2. The van der Waals surface area contributed by atoms with E-state index in [1.54, 1.807) is 5.38 Å². The number of halogens is 3. The number of aryl methyl sites for hydroxylation is 1. The number of hydrogen-bond acceptors (Lipinski definition) is 5. The lowest BCUT2D eigenvalue weighted by Gasteiger charge is -2.17. The van der Waals surface area contributed by atoms with Crippen molar-refractivity contribution in [3.8, 4) is 17.0 Å². The molecule has 1 aromatic heterocycles. The topological polar surface area (TPSA) is 80.3 Å². The molecule has 10 heteroatoms. The molecule has 2 N–H and O–H groups in total. The molecule has 0 saturated heterocycles. The highest BCUT2D eigenvalue weighted by atomic mass is 32.1. The van der Waals surface area contributed by atoms with Crippen molar-refractivity contribution in [3.05, 3.63) is 59.0 Å². The van der Waals surface area contributed by atoms with Crippen molar-refractivity contribution in [2.45, 2.75) is 19.2 Å². The summed E-state index contributed by atoms with van der Waals surface area (Å²) in [5.41, 5.74) is 3.51. The van der Waals surface area contributed by atoms with Crippen LogP contribution in [-0.4, -0.2) is 23.2 Å². The third-order valence-electron chi connectivity index (χ3n) is 4.37. The zero-order valence-corrected chi connectivity index (χ0v) is 16.1. The summed E-state index contributed by atoms with van der Waals surface area (Å²) in [4.78, 5) is 28.2. The minimum Gasteiger partial charge on any atom is -0.406 e. The van der Waals surface area contributed by atoms with E-state index in [-0.39, 0.29) is 11.5 Å². The van der Waals surface area contributed by atoms with E-state index in [2.05, 4.69) is 20.4 Å². The number of thiazole rings is 1. The summed E-state index contributed by atoms with van der Waals surface area (Å²) in [7, 11) is 0. The molecule has 0 atom stereocenters. The first-order valence-electron chi connectivity index (χ1n) is 8.83. The molecule has 0 bridgehead atoms. The zero-order chi connectivity index (χ0) is 21.3. The number of aromatic nitrogens is 1. The van der Waals surface area contributed by atoms with Crippen LogP contribution < -0.4 is 15.4 Å². The second-order valence-corrected chi connectivity index (χ2v) is 7.34. The van der Waals surface area contributed by atoms with Crippen molar-refractivity contribution in [1.29, 1.82) is 0 Å².